The first-order chi connectivity index (χ1) is 5.33. The van der Waals surface area contributed by atoms with Crippen LogP contribution in [0.3, 0.4) is 0 Å². The topological polar surface area (TPSA) is 41.6 Å². The summed E-state index contributed by atoms with van der Waals surface area (Å²) < 4.78 is 5.11. The lowest BCUT2D eigenvalue weighted by Gasteiger charge is -2.25. The smallest absolute Gasteiger partial charge is 0.234 e. The van der Waals surface area contributed by atoms with Crippen LogP contribution in [0.1, 0.15) is 0 Å². The fraction of sp³-hybridized carbons (Fsp3) is 0.714. The first-order valence-electron chi connectivity index (χ1n) is 3.62. The average Bonchev–Trinajstić information content (AvgIpc) is 2.06. The second kappa shape index (κ2) is 4.31. The Morgan fingerprint density at radius 3 is 2.73 bits per heavy atom. The molecule has 11 heavy (non-hydrogen) atoms. The zero-order chi connectivity index (χ0) is 8.10. The monoisotopic (exact) mass is 156 g/mol. The van der Waals surface area contributed by atoms with Crippen LogP contribution in [0.25, 0.3) is 0 Å². The fourth-order valence-electron chi connectivity index (χ4n) is 1.01. The van der Waals surface area contributed by atoms with Gasteiger partial charge in [-0.3, -0.25) is 9.69 Å². The predicted octanol–water partition coefficient (Wildman–Crippen LogP) is -0.897. The minimum absolute atomic E-state index is 0.146. The number of amides is 1. The van der Waals surface area contributed by atoms with Crippen molar-refractivity contribution in [3.8, 4) is 0 Å². The number of morpholine rings is 1. The number of rotatable bonds is 2. The fourth-order valence-corrected chi connectivity index (χ4v) is 1.01. The van der Waals surface area contributed by atoms with Crippen molar-refractivity contribution in [2.45, 2.75) is 0 Å². The molecule has 2 radical (unpaired) electrons. The van der Waals surface area contributed by atoms with Crippen LogP contribution in [-0.2, 0) is 9.53 Å². The lowest BCUT2D eigenvalue weighted by Crippen LogP contribution is -2.41. The number of nitrogens with zero attached hydrogens (tertiary/aromatic N) is 1. The molecule has 0 aromatic rings. The normalized spacial score (nSPS) is 19.7. The summed E-state index contributed by atoms with van der Waals surface area (Å²) in [5, 5.41) is 2.09. The Kier molecular flexibility index (Phi) is 3.32. The molecule has 4 heteroatoms. The molecule has 0 aromatic carbocycles. The molecule has 1 heterocycles. The van der Waals surface area contributed by atoms with Gasteiger partial charge in [-0.2, -0.15) is 0 Å². The summed E-state index contributed by atoms with van der Waals surface area (Å²) in [6, 6.07) is 0. The molecule has 1 rings (SSSR count). The summed E-state index contributed by atoms with van der Waals surface area (Å²) >= 11 is 0. The van der Waals surface area contributed by atoms with Gasteiger partial charge >= 0.3 is 0 Å². The summed E-state index contributed by atoms with van der Waals surface area (Å²) in [4.78, 5) is 12.8. The first-order valence-corrected chi connectivity index (χ1v) is 3.62. The Morgan fingerprint density at radius 2 is 2.18 bits per heavy atom. The van der Waals surface area contributed by atoms with E-state index in [0.717, 1.165) is 13.1 Å². The van der Waals surface area contributed by atoms with Crippen LogP contribution in [0.15, 0.2) is 0 Å². The molecule has 0 spiro atoms. The average molecular weight is 156 g/mol. The Labute approximate surface area is 66.5 Å². The van der Waals surface area contributed by atoms with Gasteiger partial charge in [0.25, 0.3) is 0 Å². The predicted molar refractivity (Wildman–Crippen MR) is 39.7 cm³/mol. The minimum Gasteiger partial charge on any atom is -0.379 e. The van der Waals surface area contributed by atoms with Crippen LogP contribution in [0.5, 0.6) is 0 Å². The van der Waals surface area contributed by atoms with Crippen LogP contribution in [0.2, 0.25) is 0 Å². The van der Waals surface area contributed by atoms with Crippen molar-refractivity contribution in [1.29, 1.82) is 0 Å². The molecule has 1 aliphatic heterocycles. The summed E-state index contributed by atoms with van der Waals surface area (Å²) in [5.74, 6) is -0.146. The zero-order valence-electron chi connectivity index (χ0n) is 6.38. The molecule has 0 atom stereocenters. The van der Waals surface area contributed by atoms with Crippen molar-refractivity contribution in [2.24, 2.45) is 0 Å². The lowest BCUT2D eigenvalue weighted by molar-refractivity contribution is -0.122. The standard InChI is InChI=1S/C7H12N2O2/c1-8-7(10)6-9-2-4-11-5-3-9/h1H,2-6H2,(H,8,10). The molecule has 1 saturated heterocycles. The third-order valence-electron chi connectivity index (χ3n) is 1.63. The highest BCUT2D eigenvalue weighted by Gasteiger charge is 2.12. The second-order valence-corrected chi connectivity index (χ2v) is 2.46. The van der Waals surface area contributed by atoms with Gasteiger partial charge in [-0.15, -0.1) is 0 Å². The molecule has 1 N–H and O–H groups in total. The van der Waals surface area contributed by atoms with E-state index in [-0.39, 0.29) is 5.91 Å². The molecular weight excluding hydrogens is 144 g/mol. The molecule has 1 aliphatic rings. The molecule has 0 aromatic heterocycles. The second-order valence-electron chi connectivity index (χ2n) is 2.46. The summed E-state index contributed by atoms with van der Waals surface area (Å²) in [6.07, 6.45) is 0. The van der Waals surface area contributed by atoms with Crippen molar-refractivity contribution >= 4 is 5.91 Å². The highest BCUT2D eigenvalue weighted by atomic mass is 16.5. The number of nitrogens with one attached hydrogen (secondary N) is 1. The van der Waals surface area contributed by atoms with Crippen molar-refractivity contribution < 1.29 is 9.53 Å². The van der Waals surface area contributed by atoms with Gasteiger partial charge in [0.05, 0.1) is 26.8 Å². The summed E-state index contributed by atoms with van der Waals surface area (Å²) in [6.45, 7) is 3.41. The molecule has 1 fully saturated rings. The van der Waals surface area contributed by atoms with Gasteiger partial charge in [-0.25, -0.2) is 0 Å². The summed E-state index contributed by atoms with van der Waals surface area (Å²) in [5.41, 5.74) is 0. The number of hydrogen-bond acceptors (Lipinski definition) is 3. The maximum absolute atomic E-state index is 10.8. The van der Waals surface area contributed by atoms with E-state index < -0.39 is 0 Å². The van der Waals surface area contributed by atoms with E-state index in [9.17, 15) is 4.79 Å². The molecule has 1 amide bonds. The maximum atomic E-state index is 10.8. The molecule has 0 bridgehead atoms. The molecule has 62 valence electrons. The van der Waals surface area contributed by atoms with Crippen molar-refractivity contribution in [2.75, 3.05) is 32.8 Å². The van der Waals surface area contributed by atoms with Gasteiger partial charge in [0.15, 0.2) is 0 Å². The van der Waals surface area contributed by atoms with E-state index in [1.54, 1.807) is 0 Å². The summed E-state index contributed by atoms with van der Waals surface area (Å²) in [7, 11) is 4.93. The van der Waals surface area contributed by atoms with Crippen LogP contribution in [0, 0.1) is 7.05 Å². The maximum Gasteiger partial charge on any atom is 0.234 e. The van der Waals surface area contributed by atoms with Crippen molar-refractivity contribution in [3.05, 3.63) is 7.05 Å². The Hall–Kier alpha value is -0.610. The third kappa shape index (κ3) is 2.86. The quantitative estimate of drug-likeness (QED) is 0.527. The molecule has 0 unspecified atom stereocenters. The van der Waals surface area contributed by atoms with Crippen LogP contribution in [-0.4, -0.2) is 43.7 Å². The molecule has 0 saturated carbocycles. The van der Waals surface area contributed by atoms with E-state index in [4.69, 9.17) is 11.8 Å². The van der Waals surface area contributed by atoms with E-state index >= 15 is 0 Å². The number of ether oxygens (including phenoxy) is 1. The van der Waals surface area contributed by atoms with E-state index in [1.807, 2.05) is 4.90 Å². The largest absolute Gasteiger partial charge is 0.379 e. The molecule has 0 aliphatic carbocycles. The number of hydrogen-bond donors (Lipinski definition) is 1. The van der Waals surface area contributed by atoms with E-state index in [0.29, 0.717) is 19.8 Å². The van der Waals surface area contributed by atoms with Gasteiger partial charge in [0.1, 0.15) is 0 Å². The minimum atomic E-state index is -0.146. The molecule has 4 nitrogen and oxygen atoms in total. The third-order valence-corrected chi connectivity index (χ3v) is 1.63. The zero-order valence-corrected chi connectivity index (χ0v) is 6.38. The molecular formula is C7H12N2O2. The highest BCUT2D eigenvalue weighted by molar-refractivity contribution is 5.78. The van der Waals surface area contributed by atoms with Gasteiger partial charge in [0.2, 0.25) is 5.91 Å². The van der Waals surface area contributed by atoms with Crippen molar-refractivity contribution in [1.82, 2.24) is 10.2 Å². The highest BCUT2D eigenvalue weighted by Crippen LogP contribution is 1.94. The lowest BCUT2D eigenvalue weighted by atomic mass is 10.4. The Morgan fingerprint density at radius 1 is 1.55 bits per heavy atom. The van der Waals surface area contributed by atoms with Gasteiger partial charge in [-0.05, 0) is 0 Å². The first kappa shape index (κ1) is 8.49. The van der Waals surface area contributed by atoms with Gasteiger partial charge < -0.3 is 10.1 Å². The van der Waals surface area contributed by atoms with E-state index in [2.05, 4.69) is 5.32 Å². The van der Waals surface area contributed by atoms with Crippen LogP contribution >= 0.6 is 0 Å². The van der Waals surface area contributed by atoms with Crippen LogP contribution in [0.4, 0.5) is 0 Å². The van der Waals surface area contributed by atoms with Crippen LogP contribution < -0.4 is 5.32 Å². The van der Waals surface area contributed by atoms with Gasteiger partial charge in [0, 0.05) is 13.1 Å². The Bertz CT molecular complexity index is 132. The SMILES string of the molecule is [CH]NC(=O)CN1CCOCC1. The van der Waals surface area contributed by atoms with Crippen molar-refractivity contribution in [3.63, 3.8) is 0 Å². The number of carbonyl (C=O) groups is 1. The van der Waals surface area contributed by atoms with E-state index in [1.165, 1.54) is 0 Å². The Balaban J connectivity index is 2.19. The number of carbonyl (C=O) groups excluding carboxylic acids is 1. The van der Waals surface area contributed by atoms with Gasteiger partial charge in [-0.1, -0.05) is 0 Å².